The summed E-state index contributed by atoms with van der Waals surface area (Å²) in [6.45, 7) is 1.42. The number of aliphatic hydroxyl groups excluding tert-OH is 1. The summed E-state index contributed by atoms with van der Waals surface area (Å²) >= 11 is 12.7. The van der Waals surface area contributed by atoms with Gasteiger partial charge in [0.15, 0.2) is 6.10 Å². The summed E-state index contributed by atoms with van der Waals surface area (Å²) < 4.78 is 19.1. The normalized spacial score (nSPS) is 12.1. The van der Waals surface area contributed by atoms with Gasteiger partial charge in [-0.25, -0.2) is 14.2 Å². The van der Waals surface area contributed by atoms with E-state index in [1.807, 2.05) is 0 Å². The molecule has 0 unspecified atom stereocenters. The lowest BCUT2D eigenvalue weighted by atomic mass is 10.0. The molecule has 4 aromatic rings. The number of carbonyl (C=O) groups excluding carboxylic acids is 2. The second-order valence-corrected chi connectivity index (χ2v) is 8.86. The van der Waals surface area contributed by atoms with E-state index in [-0.39, 0.29) is 36.1 Å². The Morgan fingerprint density at radius 2 is 1.95 bits per heavy atom. The molecule has 1 aromatic heterocycles. The first-order valence-corrected chi connectivity index (χ1v) is 12.0. The molecule has 0 saturated carbocycles. The molecule has 1 amide bonds. The highest BCUT2D eigenvalue weighted by Gasteiger charge is 2.23. The van der Waals surface area contributed by atoms with Crippen LogP contribution in [0, 0.1) is 5.82 Å². The summed E-state index contributed by atoms with van der Waals surface area (Å²) in [6.07, 6.45) is -1.54. The molecule has 0 saturated heterocycles. The molecule has 0 bridgehead atoms. The number of amides is 1. The Hall–Kier alpha value is -3.57. The standard InChI is InChI=1S/C25H22Cl2FN5O4/c1-2-37-25(36)22(34)13-33(31-24(35)16-10-19(27)23-21(11-16)29-32-30-23)12-15-8-7-14(9-18(15)26)17-5-3-4-6-20(17)28/h3-11,22,34H,2,12-13H2,1H3,(H,31,35)(H,29,30,32)/t22-/m1/s1. The number of benzene rings is 3. The average Bonchev–Trinajstić information content (AvgIpc) is 3.35. The molecule has 0 aliphatic heterocycles. The van der Waals surface area contributed by atoms with E-state index in [1.54, 1.807) is 43.3 Å². The number of rotatable bonds is 9. The van der Waals surface area contributed by atoms with Crippen molar-refractivity contribution in [1.29, 1.82) is 0 Å². The largest absolute Gasteiger partial charge is 0.464 e. The number of aromatic amines is 1. The molecule has 3 N–H and O–H groups in total. The van der Waals surface area contributed by atoms with Crippen molar-refractivity contribution < 1.29 is 23.8 Å². The van der Waals surface area contributed by atoms with Crippen molar-refractivity contribution in [2.45, 2.75) is 19.6 Å². The average molecular weight is 546 g/mol. The van der Waals surface area contributed by atoms with Crippen LogP contribution in [0.1, 0.15) is 22.8 Å². The zero-order valence-corrected chi connectivity index (χ0v) is 21.1. The molecule has 37 heavy (non-hydrogen) atoms. The number of halogens is 3. The van der Waals surface area contributed by atoms with Gasteiger partial charge in [-0.15, -0.1) is 5.10 Å². The SMILES string of the molecule is CCOC(=O)[C@H](O)CN(Cc1ccc(-c2ccccc2F)cc1Cl)NC(=O)c1cc(Cl)c2nn[nH]c2c1. The second kappa shape index (κ2) is 11.7. The molecule has 12 heteroatoms. The van der Waals surface area contributed by atoms with Crippen LogP contribution in [0.2, 0.25) is 10.0 Å². The Bertz CT molecular complexity index is 1450. The first-order chi connectivity index (χ1) is 17.8. The van der Waals surface area contributed by atoms with Gasteiger partial charge in [-0.1, -0.05) is 58.7 Å². The van der Waals surface area contributed by atoms with E-state index in [1.165, 1.54) is 23.2 Å². The number of aromatic nitrogens is 3. The Balaban J connectivity index is 1.58. The minimum Gasteiger partial charge on any atom is -0.464 e. The van der Waals surface area contributed by atoms with E-state index in [0.29, 0.717) is 32.7 Å². The van der Waals surface area contributed by atoms with Gasteiger partial charge in [0.1, 0.15) is 11.3 Å². The predicted octanol–water partition coefficient (Wildman–Crippen LogP) is 4.14. The van der Waals surface area contributed by atoms with E-state index in [9.17, 15) is 19.1 Å². The summed E-state index contributed by atoms with van der Waals surface area (Å²) in [7, 11) is 0. The Morgan fingerprint density at radius 3 is 2.68 bits per heavy atom. The van der Waals surface area contributed by atoms with Gasteiger partial charge in [0.2, 0.25) is 0 Å². The minimum absolute atomic E-state index is 0.0141. The maximum absolute atomic E-state index is 14.2. The van der Waals surface area contributed by atoms with Gasteiger partial charge < -0.3 is 9.84 Å². The molecule has 0 aliphatic carbocycles. The fourth-order valence-electron chi connectivity index (χ4n) is 3.67. The van der Waals surface area contributed by atoms with E-state index in [4.69, 9.17) is 27.9 Å². The van der Waals surface area contributed by atoms with Crippen LogP contribution in [0.5, 0.6) is 0 Å². The van der Waals surface area contributed by atoms with Crippen LogP contribution in [0.25, 0.3) is 22.2 Å². The Labute approximate surface area is 221 Å². The van der Waals surface area contributed by atoms with E-state index in [0.717, 1.165) is 0 Å². The van der Waals surface area contributed by atoms with Gasteiger partial charge >= 0.3 is 5.97 Å². The van der Waals surface area contributed by atoms with Gasteiger partial charge in [-0.05, 0) is 42.3 Å². The quantitative estimate of drug-likeness (QED) is 0.213. The van der Waals surface area contributed by atoms with Crippen molar-refractivity contribution in [3.63, 3.8) is 0 Å². The minimum atomic E-state index is -1.54. The summed E-state index contributed by atoms with van der Waals surface area (Å²) in [4.78, 5) is 25.1. The maximum Gasteiger partial charge on any atom is 0.336 e. The lowest BCUT2D eigenvalue weighted by Gasteiger charge is -2.25. The van der Waals surface area contributed by atoms with Crippen LogP contribution in [0.4, 0.5) is 4.39 Å². The van der Waals surface area contributed by atoms with Crippen molar-refractivity contribution in [3.05, 3.63) is 81.6 Å². The Morgan fingerprint density at radius 1 is 1.16 bits per heavy atom. The first-order valence-electron chi connectivity index (χ1n) is 11.2. The monoisotopic (exact) mass is 545 g/mol. The predicted molar refractivity (Wildman–Crippen MR) is 136 cm³/mol. The number of H-pyrrole nitrogens is 1. The molecule has 9 nitrogen and oxygen atoms in total. The zero-order chi connectivity index (χ0) is 26.5. The first kappa shape index (κ1) is 26.5. The van der Waals surface area contributed by atoms with Gasteiger partial charge in [0, 0.05) is 22.7 Å². The number of hydrogen-bond donors (Lipinski definition) is 3. The van der Waals surface area contributed by atoms with Gasteiger partial charge in [0.05, 0.1) is 23.7 Å². The third kappa shape index (κ3) is 6.23. The van der Waals surface area contributed by atoms with Crippen LogP contribution in [0.15, 0.2) is 54.6 Å². The molecular weight excluding hydrogens is 524 g/mol. The third-order valence-electron chi connectivity index (χ3n) is 5.46. The van der Waals surface area contributed by atoms with Crippen LogP contribution in [0.3, 0.4) is 0 Å². The van der Waals surface area contributed by atoms with Crippen LogP contribution < -0.4 is 5.43 Å². The fourth-order valence-corrected chi connectivity index (χ4v) is 4.17. The third-order valence-corrected chi connectivity index (χ3v) is 6.10. The lowest BCUT2D eigenvalue weighted by Crippen LogP contribution is -2.47. The molecule has 3 aromatic carbocycles. The number of nitrogens with one attached hydrogen (secondary N) is 2. The number of aliphatic hydroxyl groups is 1. The molecule has 0 radical (unpaired) electrons. The number of hydrogen-bond acceptors (Lipinski definition) is 7. The van der Waals surface area contributed by atoms with E-state index in [2.05, 4.69) is 20.8 Å². The summed E-state index contributed by atoms with van der Waals surface area (Å²) in [5, 5.41) is 22.4. The summed E-state index contributed by atoms with van der Waals surface area (Å²) in [5.41, 5.74) is 5.26. The van der Waals surface area contributed by atoms with Crippen molar-refractivity contribution in [2.75, 3.05) is 13.2 Å². The maximum atomic E-state index is 14.2. The van der Waals surface area contributed by atoms with E-state index < -0.39 is 18.0 Å². The van der Waals surface area contributed by atoms with Crippen molar-refractivity contribution >= 4 is 46.1 Å². The number of esters is 1. The van der Waals surface area contributed by atoms with Crippen LogP contribution in [-0.2, 0) is 16.1 Å². The molecule has 0 aliphatic rings. The zero-order valence-electron chi connectivity index (χ0n) is 19.5. The van der Waals surface area contributed by atoms with Crippen LogP contribution >= 0.6 is 23.2 Å². The topological polar surface area (TPSA) is 120 Å². The molecule has 1 atom stereocenters. The molecular formula is C25H22Cl2FN5O4. The number of fused-ring (bicyclic) bond motifs is 1. The summed E-state index contributed by atoms with van der Waals surface area (Å²) in [6, 6.07) is 14.2. The highest BCUT2D eigenvalue weighted by Crippen LogP contribution is 2.28. The van der Waals surface area contributed by atoms with Gasteiger partial charge in [-0.2, -0.15) is 0 Å². The molecule has 0 spiro atoms. The van der Waals surface area contributed by atoms with Gasteiger partial charge in [0.25, 0.3) is 5.91 Å². The van der Waals surface area contributed by atoms with Crippen molar-refractivity contribution in [1.82, 2.24) is 25.8 Å². The van der Waals surface area contributed by atoms with E-state index >= 15 is 0 Å². The molecule has 1 heterocycles. The van der Waals surface area contributed by atoms with Crippen molar-refractivity contribution in [3.8, 4) is 11.1 Å². The smallest absolute Gasteiger partial charge is 0.336 e. The molecule has 192 valence electrons. The Kier molecular flexibility index (Phi) is 8.34. The fraction of sp³-hybridized carbons (Fsp3) is 0.200. The van der Waals surface area contributed by atoms with Crippen molar-refractivity contribution in [2.24, 2.45) is 0 Å². The second-order valence-electron chi connectivity index (χ2n) is 8.04. The number of ether oxygens (including phenoxy) is 1. The lowest BCUT2D eigenvalue weighted by molar-refractivity contribution is -0.154. The number of nitrogens with zero attached hydrogens (tertiary/aromatic N) is 3. The molecule has 4 rings (SSSR count). The highest BCUT2D eigenvalue weighted by atomic mass is 35.5. The summed E-state index contributed by atoms with van der Waals surface area (Å²) in [5.74, 6) is -1.79. The highest BCUT2D eigenvalue weighted by molar-refractivity contribution is 6.35. The van der Waals surface area contributed by atoms with Gasteiger partial charge in [-0.3, -0.25) is 15.3 Å². The van der Waals surface area contributed by atoms with Crippen LogP contribution in [-0.4, -0.2) is 56.7 Å². The molecule has 0 fully saturated rings. The number of carbonyl (C=O) groups is 2. The number of hydrazine groups is 1.